The third-order valence-electron chi connectivity index (χ3n) is 4.48. The molecule has 0 saturated carbocycles. The molecular weight excluding hydrogens is 292 g/mol. The highest BCUT2D eigenvalue weighted by molar-refractivity contribution is 5.29. The van der Waals surface area contributed by atoms with E-state index >= 15 is 0 Å². The van der Waals surface area contributed by atoms with Crippen LogP contribution in [0.25, 0.3) is 0 Å². The minimum absolute atomic E-state index is 0.0222. The number of hydrogen-bond donors (Lipinski definition) is 1. The molecule has 122 valence electrons. The highest BCUT2D eigenvalue weighted by Crippen LogP contribution is 2.24. The van der Waals surface area contributed by atoms with E-state index in [1.165, 1.54) is 6.07 Å². The summed E-state index contributed by atoms with van der Waals surface area (Å²) >= 11 is 0. The SMILES string of the molecule is Cc1cc(=O)c(O)c(CN2CCOC(c3ccccc3)C2)n1C. The van der Waals surface area contributed by atoms with Crippen molar-refractivity contribution >= 4 is 0 Å². The van der Waals surface area contributed by atoms with Crippen LogP contribution in [0.3, 0.4) is 0 Å². The van der Waals surface area contributed by atoms with E-state index in [0.717, 1.165) is 24.3 Å². The Labute approximate surface area is 135 Å². The number of nitrogens with zero attached hydrogens (tertiary/aromatic N) is 2. The zero-order valence-corrected chi connectivity index (χ0v) is 13.5. The molecule has 0 aliphatic carbocycles. The molecule has 3 rings (SSSR count). The normalized spacial score (nSPS) is 19.0. The molecule has 1 fully saturated rings. The van der Waals surface area contributed by atoms with Crippen molar-refractivity contribution in [2.24, 2.45) is 7.05 Å². The van der Waals surface area contributed by atoms with E-state index in [-0.39, 0.29) is 17.3 Å². The molecule has 1 aliphatic heterocycles. The average molecular weight is 314 g/mol. The number of aromatic nitrogens is 1. The molecule has 0 spiro atoms. The first kappa shape index (κ1) is 15.8. The Bertz CT molecular complexity index is 740. The minimum atomic E-state index is -0.316. The summed E-state index contributed by atoms with van der Waals surface area (Å²) in [5.41, 5.74) is 2.34. The van der Waals surface area contributed by atoms with Crippen molar-refractivity contribution < 1.29 is 9.84 Å². The number of aryl methyl sites for hydroxylation is 1. The Morgan fingerprint density at radius 2 is 2.04 bits per heavy atom. The number of benzene rings is 1. The van der Waals surface area contributed by atoms with Gasteiger partial charge in [0.25, 0.3) is 0 Å². The van der Waals surface area contributed by atoms with Gasteiger partial charge in [0.05, 0.1) is 18.4 Å². The van der Waals surface area contributed by atoms with Gasteiger partial charge in [-0.05, 0) is 12.5 Å². The lowest BCUT2D eigenvalue weighted by molar-refractivity contribution is -0.0337. The van der Waals surface area contributed by atoms with Crippen LogP contribution in [0, 0.1) is 6.92 Å². The lowest BCUT2D eigenvalue weighted by Crippen LogP contribution is -2.38. The maximum atomic E-state index is 11.8. The second kappa shape index (κ2) is 6.56. The van der Waals surface area contributed by atoms with E-state index in [4.69, 9.17) is 4.74 Å². The summed E-state index contributed by atoms with van der Waals surface area (Å²) in [5, 5.41) is 10.1. The summed E-state index contributed by atoms with van der Waals surface area (Å²) in [5.74, 6) is -0.152. The lowest BCUT2D eigenvalue weighted by Gasteiger charge is -2.33. The Morgan fingerprint density at radius 1 is 1.30 bits per heavy atom. The Balaban J connectivity index is 1.80. The summed E-state index contributed by atoms with van der Waals surface area (Å²) in [6.45, 7) is 4.57. The zero-order valence-electron chi connectivity index (χ0n) is 13.5. The fraction of sp³-hybridized carbons (Fsp3) is 0.389. The van der Waals surface area contributed by atoms with Crippen LogP contribution in [0.2, 0.25) is 0 Å². The average Bonchev–Trinajstić information content (AvgIpc) is 2.58. The fourth-order valence-electron chi connectivity index (χ4n) is 2.98. The second-order valence-electron chi connectivity index (χ2n) is 6.01. The van der Waals surface area contributed by atoms with E-state index < -0.39 is 0 Å². The highest BCUT2D eigenvalue weighted by atomic mass is 16.5. The van der Waals surface area contributed by atoms with Crippen LogP contribution in [0.15, 0.2) is 41.2 Å². The van der Waals surface area contributed by atoms with Crippen LogP contribution >= 0.6 is 0 Å². The van der Waals surface area contributed by atoms with E-state index in [1.54, 1.807) is 0 Å². The molecular formula is C18H22N2O3. The fourth-order valence-corrected chi connectivity index (χ4v) is 2.98. The Kier molecular flexibility index (Phi) is 4.50. The van der Waals surface area contributed by atoms with Crippen molar-refractivity contribution in [1.29, 1.82) is 0 Å². The first-order valence-electron chi connectivity index (χ1n) is 7.83. The molecule has 1 saturated heterocycles. The predicted octanol–water partition coefficient (Wildman–Crippen LogP) is 1.97. The maximum Gasteiger partial charge on any atom is 0.223 e. The molecule has 1 aromatic carbocycles. The molecule has 0 amide bonds. The molecule has 1 aromatic heterocycles. The van der Waals surface area contributed by atoms with Crippen molar-refractivity contribution in [3.8, 4) is 5.75 Å². The molecule has 2 aromatic rings. The summed E-state index contributed by atoms with van der Waals surface area (Å²) in [6, 6.07) is 11.6. The van der Waals surface area contributed by atoms with Crippen LogP contribution in [0.5, 0.6) is 5.75 Å². The first-order valence-corrected chi connectivity index (χ1v) is 7.83. The standard InChI is InChI=1S/C18H22N2O3/c1-13-10-16(21)18(22)15(19(13)2)11-20-8-9-23-17(12-20)14-6-4-3-5-7-14/h3-7,10,17,22H,8-9,11-12H2,1-2H3. The summed E-state index contributed by atoms with van der Waals surface area (Å²) in [6.07, 6.45) is 0.0222. The molecule has 1 N–H and O–H groups in total. The Morgan fingerprint density at radius 3 is 2.78 bits per heavy atom. The molecule has 2 heterocycles. The van der Waals surface area contributed by atoms with Gasteiger partial charge in [0, 0.05) is 38.4 Å². The molecule has 23 heavy (non-hydrogen) atoms. The third kappa shape index (κ3) is 3.30. The number of pyridine rings is 1. The molecule has 1 atom stereocenters. The van der Waals surface area contributed by atoms with Gasteiger partial charge >= 0.3 is 0 Å². The number of hydrogen-bond acceptors (Lipinski definition) is 4. The van der Waals surface area contributed by atoms with E-state index in [2.05, 4.69) is 17.0 Å². The van der Waals surface area contributed by atoms with Crippen LogP contribution in [0.1, 0.15) is 23.1 Å². The van der Waals surface area contributed by atoms with E-state index in [1.807, 2.05) is 36.7 Å². The minimum Gasteiger partial charge on any atom is -0.503 e. The largest absolute Gasteiger partial charge is 0.503 e. The van der Waals surface area contributed by atoms with Gasteiger partial charge in [-0.1, -0.05) is 30.3 Å². The van der Waals surface area contributed by atoms with Crippen LogP contribution in [-0.2, 0) is 18.3 Å². The molecule has 0 bridgehead atoms. The van der Waals surface area contributed by atoms with E-state index in [9.17, 15) is 9.90 Å². The van der Waals surface area contributed by atoms with Crippen LogP contribution in [-0.4, -0.2) is 34.3 Å². The second-order valence-corrected chi connectivity index (χ2v) is 6.01. The molecule has 5 heteroatoms. The van der Waals surface area contributed by atoms with Crippen molar-refractivity contribution in [3.05, 3.63) is 63.6 Å². The monoisotopic (exact) mass is 314 g/mol. The summed E-state index contributed by atoms with van der Waals surface area (Å²) in [7, 11) is 1.87. The number of morpholine rings is 1. The zero-order chi connectivity index (χ0) is 16.4. The predicted molar refractivity (Wildman–Crippen MR) is 88.5 cm³/mol. The van der Waals surface area contributed by atoms with Gasteiger partial charge in [-0.3, -0.25) is 9.69 Å². The van der Waals surface area contributed by atoms with Crippen LogP contribution in [0.4, 0.5) is 0 Å². The number of aromatic hydroxyl groups is 1. The third-order valence-corrected chi connectivity index (χ3v) is 4.48. The van der Waals surface area contributed by atoms with E-state index in [0.29, 0.717) is 18.8 Å². The highest BCUT2D eigenvalue weighted by Gasteiger charge is 2.23. The van der Waals surface area contributed by atoms with Gasteiger partial charge in [-0.2, -0.15) is 0 Å². The van der Waals surface area contributed by atoms with Gasteiger partial charge in [0.15, 0.2) is 5.75 Å². The summed E-state index contributed by atoms with van der Waals surface area (Å²) < 4.78 is 7.75. The van der Waals surface area contributed by atoms with Crippen molar-refractivity contribution in [2.45, 2.75) is 19.6 Å². The van der Waals surface area contributed by atoms with Crippen molar-refractivity contribution in [2.75, 3.05) is 19.7 Å². The lowest BCUT2D eigenvalue weighted by atomic mass is 10.1. The maximum absolute atomic E-state index is 11.8. The van der Waals surface area contributed by atoms with Gasteiger partial charge in [0.1, 0.15) is 0 Å². The van der Waals surface area contributed by atoms with Gasteiger partial charge < -0.3 is 14.4 Å². The molecule has 1 aliphatic rings. The van der Waals surface area contributed by atoms with Crippen molar-refractivity contribution in [1.82, 2.24) is 9.47 Å². The first-order chi connectivity index (χ1) is 11.1. The van der Waals surface area contributed by atoms with Gasteiger partial charge in [-0.15, -0.1) is 0 Å². The number of rotatable bonds is 3. The van der Waals surface area contributed by atoms with Gasteiger partial charge in [-0.25, -0.2) is 0 Å². The molecule has 1 unspecified atom stereocenters. The summed E-state index contributed by atoms with van der Waals surface area (Å²) in [4.78, 5) is 14.1. The smallest absolute Gasteiger partial charge is 0.223 e. The topological polar surface area (TPSA) is 54.7 Å². The van der Waals surface area contributed by atoms with Crippen molar-refractivity contribution in [3.63, 3.8) is 0 Å². The Hall–Kier alpha value is -2.11. The van der Waals surface area contributed by atoms with Gasteiger partial charge in [0.2, 0.25) is 5.43 Å². The van der Waals surface area contributed by atoms with Crippen LogP contribution < -0.4 is 5.43 Å². The molecule has 0 radical (unpaired) electrons. The number of ether oxygens (including phenoxy) is 1. The molecule has 5 nitrogen and oxygen atoms in total. The quantitative estimate of drug-likeness (QED) is 0.941.